The highest BCUT2D eigenvalue weighted by atomic mass is 19.4. The molecule has 0 atom stereocenters. The molecule has 2 heterocycles. The molecule has 7 heteroatoms. The number of fused-ring (bicyclic) bond motifs is 1. The Morgan fingerprint density at radius 1 is 1.18 bits per heavy atom. The molecule has 0 unspecified atom stereocenters. The molecule has 3 rings (SSSR count). The van der Waals surface area contributed by atoms with Crippen molar-refractivity contribution in [1.29, 1.82) is 0 Å². The Morgan fingerprint density at radius 2 is 1.91 bits per heavy atom. The van der Waals surface area contributed by atoms with E-state index >= 15 is 0 Å². The van der Waals surface area contributed by atoms with Gasteiger partial charge in [-0.25, -0.2) is 0 Å². The fraction of sp³-hybridized carbons (Fsp3) is 0.400. The number of aryl methyl sites for hydroxylation is 1. The van der Waals surface area contributed by atoms with Crippen LogP contribution in [0, 0.1) is 6.92 Å². The summed E-state index contributed by atoms with van der Waals surface area (Å²) in [5.74, 6) is -0.246. The molecular weight excluding hydrogens is 295 g/mol. The van der Waals surface area contributed by atoms with Crippen LogP contribution in [0.2, 0.25) is 0 Å². The molecule has 1 aromatic heterocycles. The van der Waals surface area contributed by atoms with Gasteiger partial charge in [0.05, 0.1) is 5.52 Å². The predicted molar refractivity (Wildman–Crippen MR) is 78.2 cm³/mol. The molecule has 1 fully saturated rings. The molecule has 0 saturated carbocycles. The van der Waals surface area contributed by atoms with Crippen molar-refractivity contribution in [2.75, 3.05) is 31.1 Å². The molecule has 1 aliphatic rings. The summed E-state index contributed by atoms with van der Waals surface area (Å²) < 4.78 is 41.0. The lowest BCUT2D eigenvalue weighted by Crippen LogP contribution is -2.43. The first kappa shape index (κ1) is 14.9. The number of hydrogen-bond acceptors (Lipinski definition) is 4. The lowest BCUT2D eigenvalue weighted by molar-refractivity contribution is -0.274. The van der Waals surface area contributed by atoms with E-state index in [4.69, 9.17) is 0 Å². The van der Waals surface area contributed by atoms with Gasteiger partial charge in [-0.2, -0.15) is 0 Å². The van der Waals surface area contributed by atoms with Gasteiger partial charge in [0.1, 0.15) is 5.75 Å². The van der Waals surface area contributed by atoms with Crippen LogP contribution in [-0.2, 0) is 0 Å². The van der Waals surface area contributed by atoms with Gasteiger partial charge in [-0.1, -0.05) is 0 Å². The topological polar surface area (TPSA) is 37.4 Å². The number of ether oxygens (including phenoxy) is 1. The molecule has 0 aliphatic carbocycles. The first-order chi connectivity index (χ1) is 10.4. The summed E-state index contributed by atoms with van der Waals surface area (Å²) >= 11 is 0. The molecule has 1 N–H and O–H groups in total. The smallest absolute Gasteiger partial charge is 0.406 e. The Labute approximate surface area is 125 Å². The number of hydrogen-bond donors (Lipinski definition) is 1. The van der Waals surface area contributed by atoms with Crippen LogP contribution in [-0.4, -0.2) is 37.5 Å². The van der Waals surface area contributed by atoms with E-state index < -0.39 is 6.36 Å². The summed E-state index contributed by atoms with van der Waals surface area (Å²) in [6.07, 6.45) is -4.70. The zero-order chi connectivity index (χ0) is 15.7. The molecule has 1 aromatic carbocycles. The zero-order valence-electron chi connectivity index (χ0n) is 12.1. The fourth-order valence-corrected chi connectivity index (χ4v) is 2.68. The molecule has 2 aromatic rings. The van der Waals surface area contributed by atoms with Crippen LogP contribution < -0.4 is 15.0 Å². The number of piperazine rings is 1. The predicted octanol–water partition coefficient (Wildman–Crippen LogP) is 2.85. The second kappa shape index (κ2) is 5.64. The SMILES string of the molecule is Cc1cc(N2CCNCC2)c2ccc(OC(F)(F)F)cc2n1. The average molecular weight is 311 g/mol. The fourth-order valence-electron chi connectivity index (χ4n) is 2.68. The van der Waals surface area contributed by atoms with Gasteiger partial charge in [-0.05, 0) is 25.1 Å². The highest BCUT2D eigenvalue weighted by Gasteiger charge is 2.31. The molecular formula is C15H16F3N3O. The standard InChI is InChI=1S/C15H16F3N3O/c1-10-8-14(21-6-4-19-5-7-21)12-3-2-11(9-13(12)20-10)22-15(16,17)18/h2-3,8-9,19H,4-7H2,1H3. The van der Waals surface area contributed by atoms with E-state index in [1.807, 2.05) is 13.0 Å². The maximum atomic E-state index is 12.3. The van der Waals surface area contributed by atoms with Gasteiger partial charge in [-0.3, -0.25) is 4.98 Å². The third-order valence-electron chi connectivity index (χ3n) is 3.58. The number of alkyl halides is 3. The minimum Gasteiger partial charge on any atom is -0.406 e. The van der Waals surface area contributed by atoms with E-state index in [0.717, 1.165) is 42.9 Å². The Kier molecular flexibility index (Phi) is 3.82. The molecule has 22 heavy (non-hydrogen) atoms. The Balaban J connectivity index is 2.02. The monoisotopic (exact) mass is 311 g/mol. The summed E-state index contributed by atoms with van der Waals surface area (Å²) in [4.78, 5) is 6.55. The maximum Gasteiger partial charge on any atom is 0.573 e. The first-order valence-corrected chi connectivity index (χ1v) is 7.05. The average Bonchev–Trinajstić information content (AvgIpc) is 2.45. The molecule has 1 aliphatic heterocycles. The number of halogens is 3. The van der Waals surface area contributed by atoms with E-state index in [0.29, 0.717) is 5.52 Å². The highest BCUT2D eigenvalue weighted by Crippen LogP contribution is 2.31. The lowest BCUT2D eigenvalue weighted by atomic mass is 10.1. The van der Waals surface area contributed by atoms with Crippen LogP contribution in [0.1, 0.15) is 5.69 Å². The van der Waals surface area contributed by atoms with Crippen LogP contribution in [0.4, 0.5) is 18.9 Å². The van der Waals surface area contributed by atoms with Gasteiger partial charge < -0.3 is 15.0 Å². The van der Waals surface area contributed by atoms with Crippen molar-refractivity contribution < 1.29 is 17.9 Å². The lowest BCUT2D eigenvalue weighted by Gasteiger charge is -2.30. The highest BCUT2D eigenvalue weighted by molar-refractivity contribution is 5.92. The molecule has 0 spiro atoms. The largest absolute Gasteiger partial charge is 0.573 e. The first-order valence-electron chi connectivity index (χ1n) is 7.05. The van der Waals surface area contributed by atoms with Crippen LogP contribution in [0.15, 0.2) is 24.3 Å². The van der Waals surface area contributed by atoms with Crippen LogP contribution >= 0.6 is 0 Å². The van der Waals surface area contributed by atoms with Gasteiger partial charge >= 0.3 is 6.36 Å². The Hall–Kier alpha value is -2.02. The number of anilines is 1. The summed E-state index contributed by atoms with van der Waals surface area (Å²) in [5, 5.41) is 4.11. The van der Waals surface area contributed by atoms with Crippen molar-refractivity contribution in [3.63, 3.8) is 0 Å². The van der Waals surface area contributed by atoms with Gasteiger partial charge in [0.15, 0.2) is 0 Å². The quantitative estimate of drug-likeness (QED) is 0.925. The molecule has 0 amide bonds. The third-order valence-corrected chi connectivity index (χ3v) is 3.58. The summed E-state index contributed by atoms with van der Waals surface area (Å²) in [6, 6.07) is 6.28. The van der Waals surface area contributed by atoms with Crippen LogP contribution in [0.5, 0.6) is 5.75 Å². The van der Waals surface area contributed by atoms with Crippen molar-refractivity contribution in [3.8, 4) is 5.75 Å². The zero-order valence-corrected chi connectivity index (χ0v) is 12.1. The van der Waals surface area contributed by atoms with Gasteiger partial charge in [0.2, 0.25) is 0 Å². The number of nitrogens with one attached hydrogen (secondary N) is 1. The Morgan fingerprint density at radius 3 is 2.59 bits per heavy atom. The number of aromatic nitrogens is 1. The van der Waals surface area contributed by atoms with Crippen molar-refractivity contribution in [1.82, 2.24) is 10.3 Å². The number of rotatable bonds is 2. The second-order valence-electron chi connectivity index (χ2n) is 5.25. The summed E-state index contributed by atoms with van der Waals surface area (Å²) in [5.41, 5.74) is 2.28. The van der Waals surface area contributed by atoms with E-state index in [1.54, 1.807) is 6.07 Å². The number of nitrogens with zero attached hydrogens (tertiary/aromatic N) is 2. The maximum absolute atomic E-state index is 12.3. The number of pyridine rings is 1. The minimum absolute atomic E-state index is 0.246. The molecule has 118 valence electrons. The van der Waals surface area contributed by atoms with Gasteiger partial charge in [0, 0.05) is 49.0 Å². The summed E-state index contributed by atoms with van der Waals surface area (Å²) in [6.45, 7) is 5.33. The van der Waals surface area contributed by atoms with Gasteiger partial charge in [0.25, 0.3) is 0 Å². The molecule has 1 saturated heterocycles. The minimum atomic E-state index is -4.70. The number of benzene rings is 1. The van der Waals surface area contributed by atoms with E-state index in [-0.39, 0.29) is 5.75 Å². The molecule has 4 nitrogen and oxygen atoms in total. The van der Waals surface area contributed by atoms with E-state index in [2.05, 4.69) is 19.9 Å². The molecule has 0 bridgehead atoms. The summed E-state index contributed by atoms with van der Waals surface area (Å²) in [7, 11) is 0. The third kappa shape index (κ3) is 3.24. The van der Waals surface area contributed by atoms with Crippen LogP contribution in [0.3, 0.4) is 0 Å². The second-order valence-corrected chi connectivity index (χ2v) is 5.25. The van der Waals surface area contributed by atoms with Crippen molar-refractivity contribution >= 4 is 16.6 Å². The van der Waals surface area contributed by atoms with Crippen LogP contribution in [0.25, 0.3) is 10.9 Å². The van der Waals surface area contributed by atoms with Crippen molar-refractivity contribution in [2.45, 2.75) is 13.3 Å². The normalized spacial score (nSPS) is 16.1. The van der Waals surface area contributed by atoms with Crippen molar-refractivity contribution in [2.24, 2.45) is 0 Å². The molecule has 0 radical (unpaired) electrons. The van der Waals surface area contributed by atoms with E-state index in [1.165, 1.54) is 12.1 Å². The van der Waals surface area contributed by atoms with E-state index in [9.17, 15) is 13.2 Å². The Bertz CT molecular complexity index is 682. The van der Waals surface area contributed by atoms with Gasteiger partial charge in [-0.15, -0.1) is 13.2 Å². The van der Waals surface area contributed by atoms with Crippen molar-refractivity contribution in [3.05, 3.63) is 30.0 Å².